The fraction of sp³-hybridized carbons (Fsp3) is 1.00. The van der Waals surface area contributed by atoms with Gasteiger partial charge in [-0.15, -0.1) is 0 Å². The molecule has 1 aliphatic rings. The van der Waals surface area contributed by atoms with Crippen LogP contribution >= 0.6 is 0 Å². The third-order valence-electron chi connectivity index (χ3n) is 3.53. The highest BCUT2D eigenvalue weighted by molar-refractivity contribution is 7.89. The summed E-state index contributed by atoms with van der Waals surface area (Å²) in [6.07, 6.45) is 4.86. The SMILES string of the molecule is COCCCN(CCOC)S(=O)(=O)CCCCNC1CC1. The van der Waals surface area contributed by atoms with E-state index in [0.29, 0.717) is 45.2 Å². The Morgan fingerprint density at radius 2 is 1.76 bits per heavy atom. The van der Waals surface area contributed by atoms with Crippen LogP contribution in [0.5, 0.6) is 0 Å². The van der Waals surface area contributed by atoms with Gasteiger partial charge in [-0.05, 0) is 38.6 Å². The standard InChI is InChI=1S/C14H30N2O4S/c1-19-11-5-9-16(10-12-20-2)21(17,18)13-4-3-8-15-14-6-7-14/h14-15H,3-13H2,1-2H3. The second-order valence-electron chi connectivity index (χ2n) is 5.49. The zero-order valence-electron chi connectivity index (χ0n) is 13.3. The van der Waals surface area contributed by atoms with Gasteiger partial charge in [0.2, 0.25) is 10.0 Å². The van der Waals surface area contributed by atoms with E-state index in [1.165, 1.54) is 17.1 Å². The fourth-order valence-corrected chi connectivity index (χ4v) is 3.69. The van der Waals surface area contributed by atoms with Crippen LogP contribution < -0.4 is 5.32 Å². The Bertz CT molecular complexity index is 358. The highest BCUT2D eigenvalue weighted by Crippen LogP contribution is 2.18. The maximum absolute atomic E-state index is 12.3. The van der Waals surface area contributed by atoms with E-state index in [9.17, 15) is 8.42 Å². The predicted molar refractivity (Wildman–Crippen MR) is 84.0 cm³/mol. The lowest BCUT2D eigenvalue weighted by atomic mass is 10.3. The normalized spacial score (nSPS) is 15.8. The lowest BCUT2D eigenvalue weighted by Crippen LogP contribution is -2.37. The third kappa shape index (κ3) is 8.73. The summed E-state index contributed by atoms with van der Waals surface area (Å²) in [4.78, 5) is 0. The quantitative estimate of drug-likeness (QED) is 0.480. The molecule has 126 valence electrons. The van der Waals surface area contributed by atoms with Crippen molar-refractivity contribution in [3.05, 3.63) is 0 Å². The van der Waals surface area contributed by atoms with Gasteiger partial charge in [0.15, 0.2) is 0 Å². The second-order valence-corrected chi connectivity index (χ2v) is 7.58. The van der Waals surface area contributed by atoms with Crippen LogP contribution in [0.15, 0.2) is 0 Å². The van der Waals surface area contributed by atoms with E-state index in [1.807, 2.05) is 0 Å². The van der Waals surface area contributed by atoms with Crippen molar-refractivity contribution in [2.75, 3.05) is 52.8 Å². The number of methoxy groups -OCH3 is 2. The maximum atomic E-state index is 12.3. The van der Waals surface area contributed by atoms with Crippen molar-refractivity contribution in [1.82, 2.24) is 9.62 Å². The average Bonchev–Trinajstić information content (AvgIpc) is 3.26. The van der Waals surface area contributed by atoms with Gasteiger partial charge in [0.25, 0.3) is 0 Å². The van der Waals surface area contributed by atoms with E-state index in [1.54, 1.807) is 14.2 Å². The number of nitrogens with one attached hydrogen (secondary N) is 1. The summed E-state index contributed by atoms with van der Waals surface area (Å²) in [6, 6.07) is 0.689. The van der Waals surface area contributed by atoms with Crippen LogP contribution in [0.3, 0.4) is 0 Å². The molecular formula is C14H30N2O4S. The predicted octanol–water partition coefficient (Wildman–Crippen LogP) is 0.833. The molecule has 21 heavy (non-hydrogen) atoms. The Morgan fingerprint density at radius 3 is 2.38 bits per heavy atom. The molecule has 0 heterocycles. The van der Waals surface area contributed by atoms with Gasteiger partial charge >= 0.3 is 0 Å². The Morgan fingerprint density at radius 1 is 1.05 bits per heavy atom. The number of unbranched alkanes of at least 4 members (excludes halogenated alkanes) is 1. The minimum atomic E-state index is -3.19. The molecule has 0 aromatic rings. The molecule has 0 atom stereocenters. The van der Waals surface area contributed by atoms with Crippen LogP contribution in [0.4, 0.5) is 0 Å². The van der Waals surface area contributed by atoms with E-state index < -0.39 is 10.0 Å². The molecule has 7 heteroatoms. The third-order valence-corrected chi connectivity index (χ3v) is 5.49. The summed E-state index contributed by atoms with van der Waals surface area (Å²) >= 11 is 0. The number of sulfonamides is 1. The molecule has 0 saturated heterocycles. The molecule has 0 radical (unpaired) electrons. The van der Waals surface area contributed by atoms with Crippen LogP contribution in [0.1, 0.15) is 32.1 Å². The monoisotopic (exact) mass is 322 g/mol. The number of rotatable bonds is 14. The highest BCUT2D eigenvalue weighted by Gasteiger charge is 2.22. The van der Waals surface area contributed by atoms with Gasteiger partial charge in [0, 0.05) is 40.0 Å². The largest absolute Gasteiger partial charge is 0.385 e. The highest BCUT2D eigenvalue weighted by atomic mass is 32.2. The minimum Gasteiger partial charge on any atom is -0.385 e. The van der Waals surface area contributed by atoms with Crippen LogP contribution in [0.2, 0.25) is 0 Å². The lowest BCUT2D eigenvalue weighted by molar-refractivity contribution is 0.164. The number of hydrogen-bond donors (Lipinski definition) is 1. The van der Waals surface area contributed by atoms with E-state index >= 15 is 0 Å². The Hall–Kier alpha value is -0.210. The first-order valence-corrected chi connectivity index (χ1v) is 9.40. The van der Waals surface area contributed by atoms with Crippen molar-refractivity contribution in [3.63, 3.8) is 0 Å². The number of nitrogens with zero attached hydrogens (tertiary/aromatic N) is 1. The topological polar surface area (TPSA) is 67.9 Å². The summed E-state index contributed by atoms with van der Waals surface area (Å²) in [5, 5.41) is 3.40. The van der Waals surface area contributed by atoms with Crippen molar-refractivity contribution >= 4 is 10.0 Å². The fourth-order valence-electron chi connectivity index (χ4n) is 2.10. The molecule has 0 aliphatic heterocycles. The first-order chi connectivity index (χ1) is 10.1. The molecule has 0 amide bonds. The molecule has 6 nitrogen and oxygen atoms in total. The molecule has 0 spiro atoms. The summed E-state index contributed by atoms with van der Waals surface area (Å²) in [6.45, 7) is 2.84. The summed E-state index contributed by atoms with van der Waals surface area (Å²) in [5.74, 6) is 0.218. The molecule has 1 aliphatic carbocycles. The lowest BCUT2D eigenvalue weighted by Gasteiger charge is -2.21. The van der Waals surface area contributed by atoms with E-state index in [0.717, 1.165) is 13.0 Å². The van der Waals surface area contributed by atoms with E-state index in [4.69, 9.17) is 9.47 Å². The maximum Gasteiger partial charge on any atom is 0.214 e. The van der Waals surface area contributed by atoms with Gasteiger partial charge in [-0.1, -0.05) is 0 Å². The van der Waals surface area contributed by atoms with Gasteiger partial charge in [-0.3, -0.25) is 0 Å². The van der Waals surface area contributed by atoms with Gasteiger partial charge < -0.3 is 14.8 Å². The zero-order chi connectivity index (χ0) is 15.6. The first kappa shape index (κ1) is 18.8. The number of ether oxygens (including phenoxy) is 2. The second kappa shape index (κ2) is 10.5. The minimum absolute atomic E-state index is 0.218. The van der Waals surface area contributed by atoms with Crippen molar-refractivity contribution in [1.29, 1.82) is 0 Å². The first-order valence-electron chi connectivity index (χ1n) is 7.79. The van der Waals surface area contributed by atoms with Crippen LogP contribution in [0, 0.1) is 0 Å². The Labute approximate surface area is 129 Å². The molecule has 1 N–H and O–H groups in total. The van der Waals surface area contributed by atoms with Crippen molar-refractivity contribution < 1.29 is 17.9 Å². The zero-order valence-corrected chi connectivity index (χ0v) is 14.2. The average molecular weight is 322 g/mol. The van der Waals surface area contributed by atoms with Crippen LogP contribution in [-0.4, -0.2) is 71.6 Å². The van der Waals surface area contributed by atoms with Gasteiger partial charge in [-0.25, -0.2) is 8.42 Å². The van der Waals surface area contributed by atoms with Gasteiger partial charge in [0.1, 0.15) is 0 Å². The molecule has 0 bridgehead atoms. The van der Waals surface area contributed by atoms with Crippen molar-refractivity contribution in [3.8, 4) is 0 Å². The summed E-state index contributed by atoms with van der Waals surface area (Å²) in [7, 11) is 0.0225. The molecule has 0 aromatic carbocycles. The van der Waals surface area contributed by atoms with E-state index in [-0.39, 0.29) is 5.75 Å². The molecule has 0 aromatic heterocycles. The van der Waals surface area contributed by atoms with Crippen LogP contribution in [-0.2, 0) is 19.5 Å². The van der Waals surface area contributed by atoms with Crippen molar-refractivity contribution in [2.24, 2.45) is 0 Å². The molecule has 1 rings (SSSR count). The van der Waals surface area contributed by atoms with Crippen LogP contribution in [0.25, 0.3) is 0 Å². The Balaban J connectivity index is 2.28. The summed E-state index contributed by atoms with van der Waals surface area (Å²) < 4.78 is 36.2. The molecule has 1 fully saturated rings. The smallest absolute Gasteiger partial charge is 0.214 e. The molecule has 0 unspecified atom stereocenters. The molecule has 1 saturated carbocycles. The number of hydrogen-bond acceptors (Lipinski definition) is 5. The Kier molecular flexibility index (Phi) is 9.42. The van der Waals surface area contributed by atoms with Crippen molar-refractivity contribution in [2.45, 2.75) is 38.1 Å². The van der Waals surface area contributed by atoms with Gasteiger partial charge in [0.05, 0.1) is 12.4 Å². The van der Waals surface area contributed by atoms with E-state index in [2.05, 4.69) is 5.32 Å². The summed E-state index contributed by atoms with van der Waals surface area (Å²) in [5.41, 5.74) is 0. The van der Waals surface area contributed by atoms with Gasteiger partial charge in [-0.2, -0.15) is 4.31 Å². The molecular weight excluding hydrogens is 292 g/mol.